The number of hydrogen-bond acceptors (Lipinski definition) is 3. The van der Waals surface area contributed by atoms with Crippen LogP contribution in [-0.4, -0.2) is 23.3 Å². The number of rotatable bonds is 3. The maximum absolute atomic E-state index is 6.03. The highest BCUT2D eigenvalue weighted by atomic mass is 16.7. The molecule has 3 nitrogen and oxygen atoms in total. The third-order valence-electron chi connectivity index (χ3n) is 3.91. The van der Waals surface area contributed by atoms with E-state index in [2.05, 4.69) is 17.6 Å². The smallest absolute Gasteiger partial charge is 0.398 e. The average Bonchev–Trinajstić information content (AvgIpc) is 2.48. The summed E-state index contributed by atoms with van der Waals surface area (Å²) in [5.41, 5.74) is 2.34. The summed E-state index contributed by atoms with van der Waals surface area (Å²) in [7, 11) is -0.395. The molecule has 1 aromatic heterocycles. The summed E-state index contributed by atoms with van der Waals surface area (Å²) in [6.07, 6.45) is 2.72. The summed E-state index contributed by atoms with van der Waals surface area (Å²) in [5, 5.41) is 0. The van der Waals surface area contributed by atoms with Crippen LogP contribution in [-0.2, 0) is 15.7 Å². The molecule has 102 valence electrons. The number of hydrogen-bond donors (Lipinski definition) is 0. The lowest BCUT2D eigenvalue weighted by Crippen LogP contribution is -2.41. The first-order chi connectivity index (χ1) is 8.75. The van der Waals surface area contributed by atoms with Gasteiger partial charge < -0.3 is 9.31 Å². The minimum atomic E-state index is -0.395. The van der Waals surface area contributed by atoms with Crippen LogP contribution in [0.4, 0.5) is 0 Å². The fourth-order valence-electron chi connectivity index (χ4n) is 2.14. The van der Waals surface area contributed by atoms with Gasteiger partial charge in [-0.1, -0.05) is 6.08 Å². The van der Waals surface area contributed by atoms with Crippen LogP contribution >= 0.6 is 0 Å². The zero-order chi connectivity index (χ0) is 14.3. The second-order valence-electron chi connectivity index (χ2n) is 6.12. The number of pyridine rings is 1. The van der Waals surface area contributed by atoms with Gasteiger partial charge in [0, 0.05) is 5.69 Å². The Morgan fingerprint density at radius 1 is 1.21 bits per heavy atom. The van der Waals surface area contributed by atoms with Crippen LogP contribution in [0.1, 0.15) is 39.0 Å². The Bertz CT molecular complexity index is 481. The van der Waals surface area contributed by atoms with Gasteiger partial charge in [-0.3, -0.25) is 4.98 Å². The van der Waals surface area contributed by atoms with Gasteiger partial charge in [0.1, 0.15) is 0 Å². The molecule has 2 heterocycles. The van der Waals surface area contributed by atoms with Crippen molar-refractivity contribution in [3.8, 4) is 0 Å². The third-order valence-corrected chi connectivity index (χ3v) is 3.91. The van der Waals surface area contributed by atoms with Crippen molar-refractivity contribution in [2.75, 3.05) is 0 Å². The van der Waals surface area contributed by atoms with Crippen molar-refractivity contribution in [3.05, 3.63) is 36.0 Å². The summed E-state index contributed by atoms with van der Waals surface area (Å²) in [6.45, 7) is 14.0. The Balaban J connectivity index is 2.31. The molecule has 0 radical (unpaired) electrons. The Hall–Kier alpha value is -1.13. The van der Waals surface area contributed by atoms with Crippen molar-refractivity contribution < 1.29 is 9.31 Å². The largest absolute Gasteiger partial charge is 0.514 e. The van der Waals surface area contributed by atoms with Crippen LogP contribution < -0.4 is 5.59 Å². The normalized spacial score (nSPS) is 20.6. The molecule has 1 aliphatic rings. The highest BCUT2D eigenvalue weighted by molar-refractivity contribution is 6.61. The predicted octanol–water partition coefficient (Wildman–Crippen LogP) is 2.42. The molecule has 0 amide bonds. The van der Waals surface area contributed by atoms with Gasteiger partial charge in [-0.05, 0) is 58.7 Å². The van der Waals surface area contributed by atoms with Crippen molar-refractivity contribution in [1.29, 1.82) is 0 Å². The van der Waals surface area contributed by atoms with Gasteiger partial charge >= 0.3 is 7.12 Å². The van der Waals surface area contributed by atoms with E-state index in [1.54, 1.807) is 0 Å². The molecule has 1 fully saturated rings. The fraction of sp³-hybridized carbons (Fsp3) is 0.533. The van der Waals surface area contributed by atoms with Crippen LogP contribution in [0.25, 0.3) is 0 Å². The number of aryl methyl sites for hydroxylation is 1. The number of allylic oxidation sites excluding steroid dienone is 1. The second-order valence-corrected chi connectivity index (χ2v) is 6.12. The predicted molar refractivity (Wildman–Crippen MR) is 78.6 cm³/mol. The quantitative estimate of drug-likeness (QED) is 0.617. The van der Waals surface area contributed by atoms with E-state index in [1.165, 1.54) is 5.56 Å². The summed E-state index contributed by atoms with van der Waals surface area (Å²) < 4.78 is 12.1. The molecule has 1 saturated heterocycles. The SMILES string of the molecule is C=CCc1cc(C)nc(B2OC(C)(C)C(C)(C)O2)c1. The molecule has 0 unspecified atom stereocenters. The Labute approximate surface area is 116 Å². The third kappa shape index (κ3) is 2.75. The summed E-state index contributed by atoms with van der Waals surface area (Å²) in [4.78, 5) is 4.54. The van der Waals surface area contributed by atoms with Crippen LogP contribution in [0.2, 0.25) is 0 Å². The van der Waals surface area contributed by atoms with Crippen LogP contribution in [0, 0.1) is 6.92 Å². The van der Waals surface area contributed by atoms with Gasteiger partial charge in [0.25, 0.3) is 0 Å². The molecule has 0 aliphatic carbocycles. The summed E-state index contributed by atoms with van der Waals surface area (Å²) in [5.74, 6) is 0. The van der Waals surface area contributed by atoms with Gasteiger partial charge in [0.15, 0.2) is 0 Å². The molecule has 1 aliphatic heterocycles. The lowest BCUT2D eigenvalue weighted by atomic mass is 9.83. The van der Waals surface area contributed by atoms with E-state index < -0.39 is 7.12 Å². The monoisotopic (exact) mass is 259 g/mol. The molecule has 4 heteroatoms. The number of nitrogens with zero attached hydrogens (tertiary/aromatic N) is 1. The molecule has 2 rings (SSSR count). The lowest BCUT2D eigenvalue weighted by Gasteiger charge is -2.32. The molecule has 0 bridgehead atoms. The molecule has 0 spiro atoms. The van der Waals surface area contributed by atoms with Crippen LogP contribution in [0.15, 0.2) is 24.8 Å². The van der Waals surface area contributed by atoms with E-state index in [9.17, 15) is 0 Å². The lowest BCUT2D eigenvalue weighted by molar-refractivity contribution is 0.00578. The molecule has 0 saturated carbocycles. The van der Waals surface area contributed by atoms with Crippen molar-refractivity contribution >= 4 is 12.7 Å². The van der Waals surface area contributed by atoms with E-state index in [1.807, 2.05) is 46.8 Å². The standard InChI is InChI=1S/C15H22BNO2/c1-7-8-12-9-11(2)17-13(10-12)16-18-14(3,4)15(5,6)19-16/h7,9-10H,1,8H2,2-6H3. The molecule has 0 N–H and O–H groups in total. The minimum Gasteiger partial charge on any atom is -0.398 e. The van der Waals surface area contributed by atoms with E-state index in [0.717, 1.165) is 17.7 Å². The molecular formula is C15H22BNO2. The van der Waals surface area contributed by atoms with Crippen molar-refractivity contribution in [1.82, 2.24) is 4.98 Å². The zero-order valence-electron chi connectivity index (χ0n) is 12.5. The summed E-state index contributed by atoms with van der Waals surface area (Å²) >= 11 is 0. The molecule has 19 heavy (non-hydrogen) atoms. The van der Waals surface area contributed by atoms with E-state index in [4.69, 9.17) is 9.31 Å². The van der Waals surface area contributed by atoms with E-state index in [-0.39, 0.29) is 11.2 Å². The maximum atomic E-state index is 6.03. The topological polar surface area (TPSA) is 31.4 Å². The van der Waals surface area contributed by atoms with Crippen molar-refractivity contribution in [2.24, 2.45) is 0 Å². The Morgan fingerprint density at radius 3 is 2.32 bits per heavy atom. The molecular weight excluding hydrogens is 237 g/mol. The van der Waals surface area contributed by atoms with Crippen molar-refractivity contribution in [3.63, 3.8) is 0 Å². The van der Waals surface area contributed by atoms with Gasteiger partial charge in [-0.2, -0.15) is 0 Å². The maximum Gasteiger partial charge on any atom is 0.514 e. The first-order valence-corrected chi connectivity index (χ1v) is 6.69. The first-order valence-electron chi connectivity index (χ1n) is 6.69. The Morgan fingerprint density at radius 2 is 1.79 bits per heavy atom. The van der Waals surface area contributed by atoms with Crippen molar-refractivity contribution in [2.45, 2.75) is 52.2 Å². The highest BCUT2D eigenvalue weighted by Gasteiger charge is 2.52. The van der Waals surface area contributed by atoms with Gasteiger partial charge in [0.2, 0.25) is 0 Å². The fourth-order valence-corrected chi connectivity index (χ4v) is 2.14. The molecule has 0 atom stereocenters. The van der Waals surface area contributed by atoms with E-state index >= 15 is 0 Å². The molecule has 1 aromatic rings. The average molecular weight is 259 g/mol. The van der Waals surface area contributed by atoms with E-state index in [0.29, 0.717) is 0 Å². The highest BCUT2D eigenvalue weighted by Crippen LogP contribution is 2.36. The van der Waals surface area contributed by atoms with Crippen LogP contribution in [0.5, 0.6) is 0 Å². The zero-order valence-corrected chi connectivity index (χ0v) is 12.5. The number of aromatic nitrogens is 1. The first kappa shape index (κ1) is 14.3. The van der Waals surface area contributed by atoms with Gasteiger partial charge in [-0.25, -0.2) is 0 Å². The summed E-state index contributed by atoms with van der Waals surface area (Å²) in [6, 6.07) is 4.10. The van der Waals surface area contributed by atoms with Crippen LogP contribution in [0.3, 0.4) is 0 Å². The molecule has 0 aromatic carbocycles. The Kier molecular flexibility index (Phi) is 3.58. The van der Waals surface area contributed by atoms with Gasteiger partial charge in [-0.15, -0.1) is 6.58 Å². The second kappa shape index (κ2) is 4.76. The van der Waals surface area contributed by atoms with Gasteiger partial charge in [0.05, 0.1) is 16.8 Å². The minimum absolute atomic E-state index is 0.332.